The maximum absolute atomic E-state index is 7.83. The minimum Gasteiger partial charge on any atom is -0.379 e. The molecule has 1 unspecified atom stereocenters. The van der Waals surface area contributed by atoms with E-state index in [2.05, 4.69) is 16.0 Å². The molecule has 0 fully saturated rings. The lowest BCUT2D eigenvalue weighted by Gasteiger charge is -1.82. The molecule has 0 aliphatic carbocycles. The average Bonchev–Trinajstić information content (AvgIpc) is 2.11. The Kier molecular flexibility index (Phi) is 10.7. The molecule has 0 saturated carbocycles. The highest BCUT2D eigenvalue weighted by Crippen LogP contribution is 1.68. The summed E-state index contributed by atoms with van der Waals surface area (Å²) in [6, 6.07) is 0. The van der Waals surface area contributed by atoms with Crippen molar-refractivity contribution in [2.24, 2.45) is 10.7 Å². The lowest BCUT2D eigenvalue weighted by atomic mass is 10.7. The Morgan fingerprint density at radius 3 is 2.40 bits per heavy atom. The van der Waals surface area contributed by atoms with Crippen molar-refractivity contribution in [3.8, 4) is 0 Å². The molecule has 0 saturated heterocycles. The van der Waals surface area contributed by atoms with E-state index < -0.39 is 6.23 Å². The van der Waals surface area contributed by atoms with Gasteiger partial charge in [-0.15, -0.1) is 12.4 Å². The fraction of sp³-hybridized carbons (Fsp3) is 0.800. The summed E-state index contributed by atoms with van der Waals surface area (Å²) < 4.78 is 0. The molecule has 0 aromatic carbocycles. The molecule has 1 heterocycles. The van der Waals surface area contributed by atoms with Crippen molar-refractivity contribution in [2.75, 3.05) is 13.1 Å². The van der Waals surface area contributed by atoms with Gasteiger partial charge in [0.25, 0.3) is 0 Å². The number of aliphatic hydroxyl groups is 1. The number of nitrogens with one attached hydrogen (secondary N) is 1. The number of nitrogens with zero attached hydrogens (tertiary/aromatic N) is 1. The molecular weight excluding hydrogens is 154 g/mol. The van der Waals surface area contributed by atoms with Crippen molar-refractivity contribution in [3.63, 3.8) is 0 Å². The van der Waals surface area contributed by atoms with Crippen LogP contribution in [0.2, 0.25) is 0 Å². The van der Waals surface area contributed by atoms with E-state index >= 15 is 0 Å². The predicted molar refractivity (Wildman–Crippen MR) is 44.5 cm³/mol. The van der Waals surface area contributed by atoms with Crippen LogP contribution in [0.4, 0.5) is 0 Å². The molecule has 5 heteroatoms. The number of nitrogens with two attached hydrogens (primary N) is 1. The van der Waals surface area contributed by atoms with E-state index in [-0.39, 0.29) is 12.4 Å². The van der Waals surface area contributed by atoms with Crippen LogP contribution in [0.3, 0.4) is 0 Å². The lowest BCUT2D eigenvalue weighted by Crippen LogP contribution is -2.11. The van der Waals surface area contributed by atoms with E-state index in [1.807, 2.05) is 0 Å². The van der Waals surface area contributed by atoms with Crippen LogP contribution < -0.4 is 11.1 Å². The van der Waals surface area contributed by atoms with Gasteiger partial charge in [-0.1, -0.05) is 0 Å². The predicted octanol–water partition coefficient (Wildman–Crippen LogP) is -0.677. The highest BCUT2D eigenvalue weighted by atomic mass is 35.5. The fourth-order valence-corrected chi connectivity index (χ4v) is 0.323. The van der Waals surface area contributed by atoms with E-state index in [4.69, 9.17) is 5.11 Å². The van der Waals surface area contributed by atoms with Crippen molar-refractivity contribution in [2.45, 2.75) is 13.2 Å². The Morgan fingerprint density at radius 1 is 1.80 bits per heavy atom. The van der Waals surface area contributed by atoms with E-state index in [9.17, 15) is 0 Å². The Morgan fingerprint density at radius 2 is 2.30 bits per heavy atom. The molecular formula is C5H14ClN3O. The highest BCUT2D eigenvalue weighted by molar-refractivity contribution is 5.85. The van der Waals surface area contributed by atoms with Gasteiger partial charge in [-0.2, -0.15) is 0 Å². The smallest absolute Gasteiger partial charge is 0.0991 e. The Bertz CT molecular complexity index is 78.2. The maximum Gasteiger partial charge on any atom is 0.0991 e. The van der Waals surface area contributed by atoms with E-state index in [1.165, 1.54) is 6.92 Å². The topological polar surface area (TPSA) is 70.6 Å². The minimum absolute atomic E-state index is 0. The molecule has 62 valence electrons. The molecule has 1 rings (SSSR count). The summed E-state index contributed by atoms with van der Waals surface area (Å²) in [6.45, 7) is 3.49. The summed E-state index contributed by atoms with van der Waals surface area (Å²) in [5.74, 6) is 0. The second kappa shape index (κ2) is 8.68. The first-order valence-corrected chi connectivity index (χ1v) is 2.89. The highest BCUT2D eigenvalue weighted by Gasteiger charge is 1.82. The molecule has 0 spiro atoms. The van der Waals surface area contributed by atoms with Gasteiger partial charge in [-0.3, -0.25) is 4.99 Å². The van der Waals surface area contributed by atoms with E-state index in [1.54, 1.807) is 6.34 Å². The second-order valence-electron chi connectivity index (χ2n) is 1.73. The first-order chi connectivity index (χ1) is 4.23. The van der Waals surface area contributed by atoms with Crippen LogP contribution in [0.25, 0.3) is 0 Å². The molecule has 1 atom stereocenters. The van der Waals surface area contributed by atoms with Crippen LogP contribution in [-0.2, 0) is 0 Å². The van der Waals surface area contributed by atoms with Crippen LogP contribution in [0.1, 0.15) is 6.92 Å². The van der Waals surface area contributed by atoms with Crippen molar-refractivity contribution >= 4 is 18.7 Å². The van der Waals surface area contributed by atoms with Crippen LogP contribution in [0.5, 0.6) is 0 Å². The SMILES string of the molecule is C1=NCCN1.CC(N)O.Cl. The van der Waals surface area contributed by atoms with Gasteiger partial charge in [0.15, 0.2) is 0 Å². The van der Waals surface area contributed by atoms with Gasteiger partial charge in [0.2, 0.25) is 0 Å². The molecule has 10 heavy (non-hydrogen) atoms. The largest absolute Gasteiger partial charge is 0.379 e. The quantitative estimate of drug-likeness (QED) is 0.419. The molecule has 4 nitrogen and oxygen atoms in total. The van der Waals surface area contributed by atoms with Gasteiger partial charge in [0, 0.05) is 6.54 Å². The summed E-state index contributed by atoms with van der Waals surface area (Å²) in [6.07, 6.45) is 1.07. The van der Waals surface area contributed by atoms with Crippen LogP contribution in [0.15, 0.2) is 4.99 Å². The van der Waals surface area contributed by atoms with E-state index in [0.29, 0.717) is 0 Å². The van der Waals surface area contributed by atoms with Gasteiger partial charge in [0.1, 0.15) is 0 Å². The third kappa shape index (κ3) is 15.6. The Hall–Kier alpha value is -0.320. The summed E-state index contributed by atoms with van der Waals surface area (Å²) in [5.41, 5.74) is 4.67. The van der Waals surface area contributed by atoms with Gasteiger partial charge in [0.05, 0.1) is 19.1 Å². The number of aliphatic hydroxyl groups excluding tert-OH is 1. The second-order valence-corrected chi connectivity index (χ2v) is 1.73. The minimum atomic E-state index is -0.667. The molecule has 0 radical (unpaired) electrons. The Labute approximate surface area is 66.9 Å². The van der Waals surface area contributed by atoms with Gasteiger partial charge in [-0.25, -0.2) is 0 Å². The molecule has 4 N–H and O–H groups in total. The molecule has 0 amide bonds. The summed E-state index contributed by atoms with van der Waals surface area (Å²) in [7, 11) is 0. The van der Waals surface area contributed by atoms with Gasteiger partial charge < -0.3 is 16.2 Å². The average molecular weight is 168 g/mol. The van der Waals surface area contributed by atoms with Crippen molar-refractivity contribution in [3.05, 3.63) is 0 Å². The van der Waals surface area contributed by atoms with E-state index in [0.717, 1.165) is 13.1 Å². The van der Waals surface area contributed by atoms with Crippen molar-refractivity contribution < 1.29 is 5.11 Å². The first kappa shape index (κ1) is 12.4. The zero-order chi connectivity index (χ0) is 7.11. The third-order valence-electron chi connectivity index (χ3n) is 0.568. The van der Waals surface area contributed by atoms with Gasteiger partial charge >= 0.3 is 0 Å². The third-order valence-corrected chi connectivity index (χ3v) is 0.568. The summed E-state index contributed by atoms with van der Waals surface area (Å²) in [4.78, 5) is 3.85. The fourth-order valence-electron chi connectivity index (χ4n) is 0.323. The number of halogens is 1. The lowest BCUT2D eigenvalue weighted by molar-refractivity contribution is 0.203. The first-order valence-electron chi connectivity index (χ1n) is 2.89. The van der Waals surface area contributed by atoms with Gasteiger partial charge in [-0.05, 0) is 6.92 Å². The van der Waals surface area contributed by atoms with Crippen LogP contribution >= 0.6 is 12.4 Å². The molecule has 1 aliphatic heterocycles. The normalized spacial score (nSPS) is 15.9. The maximum atomic E-state index is 7.83. The number of rotatable bonds is 0. The molecule has 0 aromatic heterocycles. The Balaban J connectivity index is 0. The number of aliphatic imine (C=N–C) groups is 1. The summed E-state index contributed by atoms with van der Waals surface area (Å²) >= 11 is 0. The zero-order valence-corrected chi connectivity index (χ0v) is 6.77. The standard InChI is InChI=1S/C3H6N2.C2H7NO.ClH/c1-2-5-3-4-1;1-2(3)4;/h3H,1-2H2,(H,4,5);2,4H,3H2,1H3;1H. The van der Waals surface area contributed by atoms with Crippen molar-refractivity contribution in [1.29, 1.82) is 0 Å². The molecule has 0 aromatic rings. The number of hydrogen-bond donors (Lipinski definition) is 3. The molecule has 1 aliphatic rings. The van der Waals surface area contributed by atoms with Crippen molar-refractivity contribution in [1.82, 2.24) is 5.32 Å². The molecule has 0 bridgehead atoms. The number of hydrogen-bond acceptors (Lipinski definition) is 4. The monoisotopic (exact) mass is 167 g/mol. The van der Waals surface area contributed by atoms with Crippen LogP contribution in [-0.4, -0.2) is 30.8 Å². The summed E-state index contributed by atoms with van der Waals surface area (Å²) in [5, 5.41) is 10.8. The van der Waals surface area contributed by atoms with Crippen LogP contribution in [0, 0.1) is 0 Å². The zero-order valence-electron chi connectivity index (χ0n) is 5.95.